The third-order valence-electron chi connectivity index (χ3n) is 2.67. The van der Waals surface area contributed by atoms with Crippen LogP contribution in [0.5, 0.6) is 5.75 Å². The molecule has 0 heterocycles. The van der Waals surface area contributed by atoms with Crippen LogP contribution in [-0.2, 0) is 13.2 Å². The number of hydrogen-bond donors (Lipinski definition) is 1. The van der Waals surface area contributed by atoms with Gasteiger partial charge in [0.1, 0.15) is 18.2 Å². The quantitative estimate of drug-likeness (QED) is 0.898. The van der Waals surface area contributed by atoms with Crippen LogP contribution in [0.15, 0.2) is 40.9 Å². The summed E-state index contributed by atoms with van der Waals surface area (Å²) in [5.74, 6) is 0.383. The first-order valence-corrected chi connectivity index (χ1v) is 6.82. The number of ether oxygens (including phenoxy) is 1. The highest BCUT2D eigenvalue weighted by molar-refractivity contribution is 9.10. The van der Waals surface area contributed by atoms with Crippen LogP contribution in [0.2, 0.25) is 5.02 Å². The average molecular weight is 345 g/mol. The van der Waals surface area contributed by atoms with Crippen LogP contribution < -0.4 is 10.5 Å². The molecular weight excluding hydrogens is 333 g/mol. The smallest absolute Gasteiger partial charge is 0.134 e. The van der Waals surface area contributed by atoms with Crippen molar-refractivity contribution in [1.82, 2.24) is 0 Å². The molecule has 0 radical (unpaired) electrons. The lowest BCUT2D eigenvalue weighted by Crippen LogP contribution is -2.05. The van der Waals surface area contributed by atoms with Gasteiger partial charge in [-0.15, -0.1) is 0 Å². The molecule has 0 aliphatic rings. The van der Waals surface area contributed by atoms with Gasteiger partial charge in [0.25, 0.3) is 0 Å². The van der Waals surface area contributed by atoms with Gasteiger partial charge < -0.3 is 10.5 Å². The second-order valence-corrected chi connectivity index (χ2v) is 5.27. The molecule has 100 valence electrons. The van der Waals surface area contributed by atoms with Crippen molar-refractivity contribution in [2.45, 2.75) is 13.2 Å². The normalized spacial score (nSPS) is 10.5. The molecule has 2 aromatic carbocycles. The van der Waals surface area contributed by atoms with E-state index in [0.29, 0.717) is 17.4 Å². The molecule has 0 aliphatic carbocycles. The molecule has 5 heteroatoms. The number of benzene rings is 2. The minimum Gasteiger partial charge on any atom is -0.488 e. The van der Waals surface area contributed by atoms with Crippen molar-refractivity contribution >= 4 is 27.5 Å². The Balaban J connectivity index is 2.14. The third-order valence-corrected chi connectivity index (χ3v) is 3.52. The predicted octanol–water partition coefficient (Wildman–Crippen LogP) is 4.28. The molecule has 0 aromatic heterocycles. The summed E-state index contributed by atoms with van der Waals surface area (Å²) in [7, 11) is 0. The topological polar surface area (TPSA) is 35.2 Å². The van der Waals surface area contributed by atoms with E-state index in [1.807, 2.05) is 0 Å². The van der Waals surface area contributed by atoms with E-state index in [0.717, 1.165) is 15.6 Å². The Labute approximate surface area is 124 Å². The molecule has 0 amide bonds. The Morgan fingerprint density at radius 3 is 2.63 bits per heavy atom. The fourth-order valence-corrected chi connectivity index (χ4v) is 2.47. The van der Waals surface area contributed by atoms with Crippen molar-refractivity contribution in [3.63, 3.8) is 0 Å². The average Bonchev–Trinajstić information content (AvgIpc) is 2.39. The van der Waals surface area contributed by atoms with Crippen LogP contribution in [0, 0.1) is 5.82 Å². The van der Waals surface area contributed by atoms with E-state index in [1.54, 1.807) is 24.3 Å². The van der Waals surface area contributed by atoms with Crippen molar-refractivity contribution in [3.05, 3.63) is 62.8 Å². The maximum atomic E-state index is 13.1. The largest absolute Gasteiger partial charge is 0.488 e. The molecule has 2 aromatic rings. The third kappa shape index (κ3) is 3.69. The summed E-state index contributed by atoms with van der Waals surface area (Å²) in [6.45, 7) is 0.602. The van der Waals surface area contributed by atoms with E-state index in [-0.39, 0.29) is 12.4 Å². The van der Waals surface area contributed by atoms with Gasteiger partial charge in [0.15, 0.2) is 0 Å². The van der Waals surface area contributed by atoms with Gasteiger partial charge in [-0.1, -0.05) is 17.7 Å². The van der Waals surface area contributed by atoms with Crippen molar-refractivity contribution in [2.24, 2.45) is 5.73 Å². The minimum atomic E-state index is -0.295. The van der Waals surface area contributed by atoms with Crippen LogP contribution in [0.1, 0.15) is 11.1 Å². The Kier molecular flexibility index (Phi) is 4.80. The van der Waals surface area contributed by atoms with Gasteiger partial charge in [-0.05, 0) is 57.4 Å². The summed E-state index contributed by atoms with van der Waals surface area (Å²) >= 11 is 9.23. The van der Waals surface area contributed by atoms with Crippen molar-refractivity contribution in [3.8, 4) is 5.75 Å². The number of halogens is 3. The van der Waals surface area contributed by atoms with Crippen molar-refractivity contribution < 1.29 is 9.13 Å². The summed E-state index contributed by atoms with van der Waals surface area (Å²) in [4.78, 5) is 0. The van der Waals surface area contributed by atoms with Crippen LogP contribution in [-0.4, -0.2) is 0 Å². The van der Waals surface area contributed by atoms with Gasteiger partial charge in [0.05, 0.1) is 4.47 Å². The molecule has 2 N–H and O–H groups in total. The Morgan fingerprint density at radius 1 is 1.16 bits per heavy atom. The Bertz CT molecular complexity index is 592. The SMILES string of the molecule is NCc1cc(F)ccc1COc1ccc(Cl)cc1Br. The second kappa shape index (κ2) is 6.37. The highest BCUT2D eigenvalue weighted by atomic mass is 79.9. The van der Waals surface area contributed by atoms with Crippen molar-refractivity contribution in [2.75, 3.05) is 0 Å². The summed E-state index contributed by atoms with van der Waals surface area (Å²) < 4.78 is 19.5. The monoisotopic (exact) mass is 343 g/mol. The molecule has 0 atom stereocenters. The first kappa shape index (κ1) is 14.3. The number of hydrogen-bond acceptors (Lipinski definition) is 2. The zero-order valence-electron chi connectivity index (χ0n) is 10.00. The standard InChI is InChI=1S/C14H12BrClFNO/c15-13-6-11(16)2-4-14(13)19-8-9-1-3-12(17)5-10(9)7-18/h1-6H,7-8,18H2. The van der Waals surface area contributed by atoms with E-state index < -0.39 is 0 Å². The van der Waals surface area contributed by atoms with E-state index in [1.165, 1.54) is 12.1 Å². The lowest BCUT2D eigenvalue weighted by Gasteiger charge is -2.11. The van der Waals surface area contributed by atoms with Crippen LogP contribution >= 0.6 is 27.5 Å². The summed E-state index contributed by atoms with van der Waals surface area (Å²) in [5, 5.41) is 0.628. The number of rotatable bonds is 4. The first-order chi connectivity index (χ1) is 9.10. The van der Waals surface area contributed by atoms with Gasteiger partial charge in [-0.2, -0.15) is 0 Å². The van der Waals surface area contributed by atoms with Crippen LogP contribution in [0.25, 0.3) is 0 Å². The molecule has 0 unspecified atom stereocenters. The predicted molar refractivity (Wildman–Crippen MR) is 77.8 cm³/mol. The molecule has 19 heavy (non-hydrogen) atoms. The zero-order valence-corrected chi connectivity index (χ0v) is 12.3. The molecule has 0 spiro atoms. The van der Waals surface area contributed by atoms with Gasteiger partial charge in [0.2, 0.25) is 0 Å². The van der Waals surface area contributed by atoms with Gasteiger partial charge in [-0.25, -0.2) is 4.39 Å². The second-order valence-electron chi connectivity index (χ2n) is 3.98. The molecule has 0 saturated carbocycles. The Morgan fingerprint density at radius 2 is 1.95 bits per heavy atom. The molecular formula is C14H12BrClFNO. The highest BCUT2D eigenvalue weighted by Gasteiger charge is 2.06. The summed E-state index contributed by atoms with van der Waals surface area (Å²) in [6, 6.07) is 9.78. The van der Waals surface area contributed by atoms with Gasteiger partial charge in [-0.3, -0.25) is 0 Å². The minimum absolute atomic E-state index is 0.276. The maximum Gasteiger partial charge on any atom is 0.134 e. The van der Waals surface area contributed by atoms with E-state index in [2.05, 4.69) is 15.9 Å². The Hall–Kier alpha value is -1.10. The lowest BCUT2D eigenvalue weighted by molar-refractivity contribution is 0.303. The summed E-state index contributed by atoms with van der Waals surface area (Å²) in [5.41, 5.74) is 7.20. The molecule has 0 bridgehead atoms. The van der Waals surface area contributed by atoms with Crippen molar-refractivity contribution in [1.29, 1.82) is 0 Å². The highest BCUT2D eigenvalue weighted by Crippen LogP contribution is 2.28. The van der Waals surface area contributed by atoms with Crippen LogP contribution in [0.4, 0.5) is 4.39 Å². The molecule has 2 nitrogen and oxygen atoms in total. The molecule has 0 fully saturated rings. The number of nitrogens with two attached hydrogens (primary N) is 1. The van der Waals surface area contributed by atoms with Gasteiger partial charge in [0, 0.05) is 11.6 Å². The van der Waals surface area contributed by atoms with Gasteiger partial charge >= 0.3 is 0 Å². The maximum absolute atomic E-state index is 13.1. The van der Waals surface area contributed by atoms with E-state index in [4.69, 9.17) is 22.1 Å². The molecule has 0 saturated heterocycles. The van der Waals surface area contributed by atoms with E-state index >= 15 is 0 Å². The van der Waals surface area contributed by atoms with E-state index in [9.17, 15) is 4.39 Å². The fourth-order valence-electron chi connectivity index (χ4n) is 1.67. The molecule has 2 rings (SSSR count). The summed E-state index contributed by atoms with van der Waals surface area (Å²) in [6.07, 6.45) is 0. The fraction of sp³-hybridized carbons (Fsp3) is 0.143. The lowest BCUT2D eigenvalue weighted by atomic mass is 10.1. The zero-order chi connectivity index (χ0) is 13.8. The first-order valence-electron chi connectivity index (χ1n) is 5.65. The molecule has 0 aliphatic heterocycles. The van der Waals surface area contributed by atoms with Crippen LogP contribution in [0.3, 0.4) is 0 Å².